The van der Waals surface area contributed by atoms with Crippen LogP contribution in [0.5, 0.6) is 23.0 Å². The van der Waals surface area contributed by atoms with Gasteiger partial charge in [-0.2, -0.15) is 0 Å². The number of rotatable bonds is 4. The lowest BCUT2D eigenvalue weighted by Crippen LogP contribution is -2.20. The highest BCUT2D eigenvalue weighted by Gasteiger charge is 2.34. The Bertz CT molecular complexity index is 2030. The Hall–Kier alpha value is -6.06. The predicted molar refractivity (Wildman–Crippen MR) is 183 cm³/mol. The summed E-state index contributed by atoms with van der Waals surface area (Å²) in [5, 5.41) is 0. The van der Waals surface area contributed by atoms with Gasteiger partial charge in [-0.3, -0.25) is 4.90 Å². The fourth-order valence-electron chi connectivity index (χ4n) is 6.39. The van der Waals surface area contributed by atoms with Gasteiger partial charge in [-0.1, -0.05) is 127 Å². The summed E-state index contributed by atoms with van der Waals surface area (Å²) in [4.78, 5) is 2.27. The monoisotopic (exact) mass is 577 g/mol. The molecule has 2 heterocycles. The van der Waals surface area contributed by atoms with E-state index in [1.807, 2.05) is 30.3 Å². The van der Waals surface area contributed by atoms with Gasteiger partial charge in [0.2, 0.25) is 0 Å². The third-order valence-corrected chi connectivity index (χ3v) is 8.68. The van der Waals surface area contributed by atoms with Crippen molar-refractivity contribution in [3.05, 3.63) is 164 Å². The van der Waals surface area contributed by atoms with Crippen molar-refractivity contribution in [3.63, 3.8) is 0 Å². The average molecular weight is 578 g/mol. The summed E-state index contributed by atoms with van der Waals surface area (Å²) >= 11 is 0. The van der Waals surface area contributed by atoms with Gasteiger partial charge in [0.15, 0.2) is 23.0 Å². The summed E-state index contributed by atoms with van der Waals surface area (Å²) in [5.74, 6) is 3.20. The minimum Gasteiger partial charge on any atom is -0.453 e. The SMILES string of the molecule is c1ccc(-c2ccc(-c3ccc4c(c3)Oc3cccc5c3N4c3ccc(-c4ccc(-c6ccccc6)cc4)cc3O5)cc2)cc1. The van der Waals surface area contributed by atoms with E-state index in [9.17, 15) is 0 Å². The molecule has 45 heavy (non-hydrogen) atoms. The molecule has 0 bridgehead atoms. The maximum absolute atomic E-state index is 6.51. The Balaban J connectivity index is 1.07. The van der Waals surface area contributed by atoms with Crippen LogP contribution in [0.1, 0.15) is 0 Å². The molecule has 7 aromatic rings. The fraction of sp³-hybridized carbons (Fsp3) is 0. The van der Waals surface area contributed by atoms with Gasteiger partial charge in [-0.25, -0.2) is 0 Å². The van der Waals surface area contributed by atoms with E-state index in [0.29, 0.717) is 0 Å². The zero-order valence-corrected chi connectivity index (χ0v) is 24.4. The topological polar surface area (TPSA) is 21.7 Å². The van der Waals surface area contributed by atoms with E-state index >= 15 is 0 Å². The van der Waals surface area contributed by atoms with Crippen LogP contribution >= 0.6 is 0 Å². The van der Waals surface area contributed by atoms with Crippen molar-refractivity contribution in [2.24, 2.45) is 0 Å². The van der Waals surface area contributed by atoms with Crippen molar-refractivity contribution in [1.82, 2.24) is 0 Å². The molecule has 0 spiro atoms. The quantitative estimate of drug-likeness (QED) is 0.208. The molecule has 2 aliphatic rings. The molecule has 7 aromatic carbocycles. The number of anilines is 3. The summed E-state index contributed by atoms with van der Waals surface area (Å²) in [6.45, 7) is 0. The Labute approximate surface area is 262 Å². The van der Waals surface area contributed by atoms with Crippen LogP contribution in [0.3, 0.4) is 0 Å². The van der Waals surface area contributed by atoms with Crippen LogP contribution in [0.25, 0.3) is 44.5 Å². The predicted octanol–water partition coefficient (Wildman–Crippen LogP) is 12.0. The fourth-order valence-corrected chi connectivity index (χ4v) is 6.39. The van der Waals surface area contributed by atoms with Gasteiger partial charge in [0.1, 0.15) is 5.69 Å². The summed E-state index contributed by atoms with van der Waals surface area (Å²) in [7, 11) is 0. The van der Waals surface area contributed by atoms with Crippen LogP contribution < -0.4 is 14.4 Å². The maximum atomic E-state index is 6.51. The molecule has 3 heteroatoms. The molecule has 0 unspecified atom stereocenters. The van der Waals surface area contributed by atoms with E-state index in [0.717, 1.165) is 62.3 Å². The highest BCUT2D eigenvalue weighted by atomic mass is 16.5. The smallest absolute Gasteiger partial charge is 0.155 e. The molecular formula is C42H27NO2. The molecular weight excluding hydrogens is 550 g/mol. The van der Waals surface area contributed by atoms with Crippen LogP contribution in [0, 0.1) is 0 Å². The molecule has 3 nitrogen and oxygen atoms in total. The van der Waals surface area contributed by atoms with Crippen LogP contribution in [0.15, 0.2) is 164 Å². The lowest BCUT2D eigenvalue weighted by Gasteiger charge is -2.38. The number of hydrogen-bond donors (Lipinski definition) is 0. The van der Waals surface area contributed by atoms with E-state index in [4.69, 9.17) is 9.47 Å². The Morgan fingerprint density at radius 3 is 1.07 bits per heavy atom. The molecule has 0 aliphatic carbocycles. The summed E-state index contributed by atoms with van der Waals surface area (Å²) in [5.41, 5.74) is 12.2. The third-order valence-electron chi connectivity index (χ3n) is 8.68. The van der Waals surface area contributed by atoms with Crippen molar-refractivity contribution >= 4 is 17.1 Å². The molecule has 9 rings (SSSR count). The number of ether oxygens (including phenoxy) is 2. The first-order valence-corrected chi connectivity index (χ1v) is 15.2. The zero-order chi connectivity index (χ0) is 29.7. The first-order valence-electron chi connectivity index (χ1n) is 15.2. The molecule has 0 radical (unpaired) electrons. The lowest BCUT2D eigenvalue weighted by atomic mass is 9.98. The number of fused-ring (bicyclic) bond motifs is 4. The van der Waals surface area contributed by atoms with Crippen molar-refractivity contribution in [3.8, 4) is 67.5 Å². The van der Waals surface area contributed by atoms with Crippen LogP contribution in [-0.2, 0) is 0 Å². The highest BCUT2D eigenvalue weighted by Crippen LogP contribution is 2.60. The molecule has 2 aliphatic heterocycles. The minimum absolute atomic E-state index is 0.780. The molecule has 0 fully saturated rings. The number of hydrogen-bond acceptors (Lipinski definition) is 3. The van der Waals surface area contributed by atoms with E-state index in [1.165, 1.54) is 22.3 Å². The van der Waals surface area contributed by atoms with Gasteiger partial charge in [0, 0.05) is 0 Å². The lowest BCUT2D eigenvalue weighted by molar-refractivity contribution is 0.446. The number of benzene rings is 7. The molecule has 0 saturated heterocycles. The van der Waals surface area contributed by atoms with Crippen LogP contribution in [0.2, 0.25) is 0 Å². The van der Waals surface area contributed by atoms with E-state index in [-0.39, 0.29) is 0 Å². The number of nitrogens with zero attached hydrogens (tertiary/aromatic N) is 1. The Morgan fingerprint density at radius 1 is 0.289 bits per heavy atom. The van der Waals surface area contributed by atoms with Gasteiger partial charge in [0.05, 0.1) is 11.4 Å². The minimum atomic E-state index is 0.780. The zero-order valence-electron chi connectivity index (χ0n) is 24.4. The highest BCUT2D eigenvalue weighted by molar-refractivity contribution is 5.95. The average Bonchev–Trinajstić information content (AvgIpc) is 3.12. The molecule has 0 saturated carbocycles. The Kier molecular flexibility index (Phi) is 5.82. The van der Waals surface area contributed by atoms with Gasteiger partial charge < -0.3 is 9.47 Å². The first kappa shape index (κ1) is 25.4. The first-order chi connectivity index (χ1) is 22.3. The number of para-hydroxylation sites is 1. The van der Waals surface area contributed by atoms with Gasteiger partial charge >= 0.3 is 0 Å². The molecule has 212 valence electrons. The van der Waals surface area contributed by atoms with Crippen molar-refractivity contribution < 1.29 is 9.47 Å². The third kappa shape index (κ3) is 4.37. The standard InChI is InChI=1S/C42H27NO2/c1-3-8-28(9-4-1)30-14-18-32(19-15-30)34-22-24-36-40(26-34)44-38-12-7-13-39-42(38)43(36)37-25-23-35(27-41(37)45-39)33-20-16-31(17-21-33)29-10-5-2-6-11-29/h1-27H. The normalized spacial score (nSPS) is 12.3. The molecule has 0 N–H and O–H groups in total. The second-order valence-electron chi connectivity index (χ2n) is 11.4. The summed E-state index contributed by atoms with van der Waals surface area (Å²) < 4.78 is 13.0. The van der Waals surface area contributed by atoms with Gasteiger partial charge in [-0.05, 0) is 80.9 Å². The van der Waals surface area contributed by atoms with Crippen LogP contribution in [-0.4, -0.2) is 0 Å². The second-order valence-corrected chi connectivity index (χ2v) is 11.4. The second kappa shape index (κ2) is 10.3. The van der Waals surface area contributed by atoms with E-state index in [1.54, 1.807) is 0 Å². The summed E-state index contributed by atoms with van der Waals surface area (Å²) in [6, 6.07) is 57.3. The van der Waals surface area contributed by atoms with Crippen molar-refractivity contribution in [2.45, 2.75) is 0 Å². The Morgan fingerprint density at radius 2 is 0.644 bits per heavy atom. The van der Waals surface area contributed by atoms with E-state index in [2.05, 4.69) is 138 Å². The summed E-state index contributed by atoms with van der Waals surface area (Å²) in [6.07, 6.45) is 0. The van der Waals surface area contributed by atoms with Crippen LogP contribution in [0.4, 0.5) is 17.1 Å². The van der Waals surface area contributed by atoms with E-state index < -0.39 is 0 Å². The van der Waals surface area contributed by atoms with Gasteiger partial charge in [0.25, 0.3) is 0 Å². The maximum Gasteiger partial charge on any atom is 0.155 e. The van der Waals surface area contributed by atoms with Crippen molar-refractivity contribution in [2.75, 3.05) is 4.90 Å². The van der Waals surface area contributed by atoms with Crippen molar-refractivity contribution in [1.29, 1.82) is 0 Å². The largest absolute Gasteiger partial charge is 0.453 e. The molecule has 0 atom stereocenters. The van der Waals surface area contributed by atoms with Gasteiger partial charge in [-0.15, -0.1) is 0 Å². The molecule has 0 amide bonds. The molecule has 0 aromatic heterocycles.